The first-order valence-corrected chi connectivity index (χ1v) is 13.6. The average Bonchev–Trinajstić information content (AvgIpc) is 2.97. The Morgan fingerprint density at radius 2 is 1.67 bits per heavy atom. The molecule has 1 saturated heterocycles. The van der Waals surface area contributed by atoms with Crippen LogP contribution in [-0.2, 0) is 4.79 Å². The quantitative estimate of drug-likeness (QED) is 0.355. The van der Waals surface area contributed by atoms with Crippen molar-refractivity contribution in [1.29, 1.82) is 0 Å². The molecular weight excluding hydrogens is 512 g/mol. The fourth-order valence-electron chi connectivity index (χ4n) is 5.00. The van der Waals surface area contributed by atoms with E-state index in [0.717, 1.165) is 47.3 Å². The molecule has 1 fully saturated rings. The van der Waals surface area contributed by atoms with Gasteiger partial charge in [-0.05, 0) is 56.3 Å². The van der Waals surface area contributed by atoms with E-state index in [9.17, 15) is 4.79 Å². The third-order valence-electron chi connectivity index (χ3n) is 7.12. The Bertz CT molecular complexity index is 1370. The minimum Gasteiger partial charge on any atom is -0.492 e. The monoisotopic (exact) mass is 544 g/mol. The molecule has 0 bridgehead atoms. The molecule has 202 valence electrons. The third kappa shape index (κ3) is 5.79. The first kappa shape index (κ1) is 26.8. The number of piperazine rings is 1. The fourth-order valence-corrected chi connectivity index (χ4v) is 5.13. The van der Waals surface area contributed by atoms with Gasteiger partial charge in [0.1, 0.15) is 17.3 Å². The van der Waals surface area contributed by atoms with E-state index in [0.29, 0.717) is 30.5 Å². The minimum absolute atomic E-state index is 0.00247. The number of rotatable bonds is 8. The zero-order chi connectivity index (χ0) is 27.4. The van der Waals surface area contributed by atoms with E-state index >= 15 is 0 Å². The lowest BCUT2D eigenvalue weighted by Gasteiger charge is -2.42. The summed E-state index contributed by atoms with van der Waals surface area (Å²) in [6.07, 6.45) is 0. The van der Waals surface area contributed by atoms with E-state index in [2.05, 4.69) is 29.4 Å². The largest absolute Gasteiger partial charge is 0.492 e. The van der Waals surface area contributed by atoms with Crippen LogP contribution in [0.15, 0.2) is 84.4 Å². The second kappa shape index (κ2) is 11.9. The molecule has 0 saturated carbocycles. The first-order valence-electron chi connectivity index (χ1n) is 13.2. The van der Waals surface area contributed by atoms with Crippen molar-refractivity contribution in [3.05, 3.63) is 90.0 Å². The minimum atomic E-state index is -0.0261. The van der Waals surface area contributed by atoms with Crippen molar-refractivity contribution in [2.24, 2.45) is 4.99 Å². The Hall–Kier alpha value is -3.81. The molecule has 2 aliphatic rings. The number of aliphatic imine (C=N–C) groups is 1. The van der Waals surface area contributed by atoms with E-state index < -0.39 is 0 Å². The number of amides is 1. The number of carbonyl (C=O) groups is 1. The lowest BCUT2D eigenvalue weighted by Crippen LogP contribution is -2.56. The number of fused-ring (bicyclic) bond motifs is 1. The molecule has 39 heavy (non-hydrogen) atoms. The predicted octanol–water partition coefficient (Wildman–Crippen LogP) is 5.87. The Morgan fingerprint density at radius 3 is 2.41 bits per heavy atom. The molecular formula is C31H33ClN4O3. The van der Waals surface area contributed by atoms with E-state index in [1.54, 1.807) is 24.3 Å². The number of amidine groups is 1. The zero-order valence-corrected chi connectivity index (χ0v) is 23.1. The molecule has 1 amide bonds. The lowest BCUT2D eigenvalue weighted by atomic mass is 10.0. The van der Waals surface area contributed by atoms with Crippen LogP contribution in [0.25, 0.3) is 5.70 Å². The maximum atomic E-state index is 12.8. The number of ether oxygens (including phenoxy) is 2. The van der Waals surface area contributed by atoms with Gasteiger partial charge in [-0.25, -0.2) is 4.99 Å². The van der Waals surface area contributed by atoms with Crippen molar-refractivity contribution < 1.29 is 14.3 Å². The Morgan fingerprint density at radius 1 is 0.974 bits per heavy atom. The molecule has 0 radical (unpaired) electrons. The smallest absolute Gasteiger partial charge is 0.260 e. The van der Waals surface area contributed by atoms with Gasteiger partial charge in [-0.3, -0.25) is 14.6 Å². The first-order chi connectivity index (χ1) is 19.0. The van der Waals surface area contributed by atoms with Gasteiger partial charge in [-0.15, -0.1) is 0 Å². The number of carbonyl (C=O) groups excluding carboxylic acids is 1. The van der Waals surface area contributed by atoms with Crippen LogP contribution in [0.1, 0.15) is 19.4 Å². The molecule has 3 aromatic carbocycles. The second-order valence-electron chi connectivity index (χ2n) is 9.51. The highest BCUT2D eigenvalue weighted by atomic mass is 35.5. The molecule has 0 N–H and O–H groups in total. The van der Waals surface area contributed by atoms with Crippen LogP contribution in [0.4, 0.5) is 11.4 Å². The van der Waals surface area contributed by atoms with Crippen molar-refractivity contribution in [3.63, 3.8) is 0 Å². The molecule has 0 aromatic heterocycles. The normalized spacial score (nSPS) is 16.4. The molecule has 2 heterocycles. The van der Waals surface area contributed by atoms with E-state index in [4.69, 9.17) is 26.1 Å². The number of halogens is 1. The topological polar surface area (TPSA) is 57.6 Å². The van der Waals surface area contributed by atoms with E-state index in [1.165, 1.54) is 0 Å². The number of nitrogens with zero attached hydrogens (tertiary/aromatic N) is 4. The van der Waals surface area contributed by atoms with E-state index in [-0.39, 0.29) is 18.6 Å². The summed E-state index contributed by atoms with van der Waals surface area (Å²) < 4.78 is 11.7. The summed E-state index contributed by atoms with van der Waals surface area (Å²) >= 11 is 5.93. The molecule has 0 spiro atoms. The standard InChI is InChI=1S/C31H33ClN4O3/c1-4-38-29-12-8-7-11-28(29)36-22(2)26-9-5-6-10-27(26)33-31(36)23(3)34-17-19-35(20-18-34)30(37)21-39-25-15-13-24(32)14-16-25/h5-16,23H,2,4,17-21H2,1,3H3. The van der Waals surface area contributed by atoms with Gasteiger partial charge in [0, 0.05) is 42.5 Å². The van der Waals surface area contributed by atoms with Gasteiger partial charge < -0.3 is 14.4 Å². The summed E-state index contributed by atoms with van der Waals surface area (Å²) in [5, 5.41) is 0.633. The Kier molecular flexibility index (Phi) is 8.19. The van der Waals surface area contributed by atoms with Crippen LogP contribution >= 0.6 is 11.6 Å². The zero-order valence-electron chi connectivity index (χ0n) is 22.3. The number of anilines is 1. The summed E-state index contributed by atoms with van der Waals surface area (Å²) in [5.41, 5.74) is 3.68. The second-order valence-corrected chi connectivity index (χ2v) is 9.94. The van der Waals surface area contributed by atoms with Gasteiger partial charge in [0.2, 0.25) is 0 Å². The molecule has 2 aliphatic heterocycles. The van der Waals surface area contributed by atoms with Crippen molar-refractivity contribution >= 4 is 40.4 Å². The van der Waals surface area contributed by atoms with Crippen LogP contribution in [-0.4, -0.2) is 67.0 Å². The highest BCUT2D eigenvalue weighted by Crippen LogP contribution is 2.41. The summed E-state index contributed by atoms with van der Waals surface area (Å²) in [7, 11) is 0. The van der Waals surface area contributed by atoms with E-state index in [1.807, 2.05) is 54.3 Å². The number of hydrogen-bond donors (Lipinski definition) is 0. The molecule has 1 atom stereocenters. The maximum absolute atomic E-state index is 12.8. The van der Waals surface area contributed by atoms with Crippen LogP contribution in [0, 0.1) is 0 Å². The van der Waals surface area contributed by atoms with Crippen LogP contribution in [0.2, 0.25) is 5.02 Å². The molecule has 7 nitrogen and oxygen atoms in total. The fraction of sp³-hybridized carbons (Fsp3) is 0.290. The van der Waals surface area contributed by atoms with Gasteiger partial charge in [0.05, 0.1) is 24.0 Å². The summed E-state index contributed by atoms with van der Waals surface area (Å²) in [6.45, 7) is 11.9. The average molecular weight is 545 g/mol. The Balaban J connectivity index is 1.32. The molecule has 0 aliphatic carbocycles. The van der Waals surface area contributed by atoms with Gasteiger partial charge in [-0.1, -0.05) is 48.5 Å². The van der Waals surface area contributed by atoms with Crippen LogP contribution < -0.4 is 14.4 Å². The Labute approximate surface area is 234 Å². The van der Waals surface area contributed by atoms with Crippen LogP contribution in [0.5, 0.6) is 11.5 Å². The number of para-hydroxylation sites is 3. The van der Waals surface area contributed by atoms with Gasteiger partial charge >= 0.3 is 0 Å². The number of hydrogen-bond acceptors (Lipinski definition) is 6. The maximum Gasteiger partial charge on any atom is 0.260 e. The molecule has 3 aromatic rings. The lowest BCUT2D eigenvalue weighted by molar-refractivity contribution is -0.135. The van der Waals surface area contributed by atoms with Crippen molar-refractivity contribution in [2.75, 3.05) is 44.3 Å². The van der Waals surface area contributed by atoms with Gasteiger partial charge in [0.25, 0.3) is 5.91 Å². The molecule has 1 unspecified atom stereocenters. The van der Waals surface area contributed by atoms with Gasteiger partial charge in [-0.2, -0.15) is 0 Å². The third-order valence-corrected chi connectivity index (χ3v) is 7.37. The van der Waals surface area contributed by atoms with Crippen molar-refractivity contribution in [3.8, 4) is 11.5 Å². The highest BCUT2D eigenvalue weighted by molar-refractivity contribution is 6.30. The van der Waals surface area contributed by atoms with Crippen molar-refractivity contribution in [1.82, 2.24) is 9.80 Å². The summed E-state index contributed by atoms with van der Waals surface area (Å²) in [4.78, 5) is 24.3. The number of benzene rings is 3. The van der Waals surface area contributed by atoms with Gasteiger partial charge in [0.15, 0.2) is 6.61 Å². The SMILES string of the molecule is C=C1c2ccccc2N=C(C(C)N2CCN(C(=O)COc3ccc(Cl)cc3)CC2)N1c1ccccc1OCC. The summed E-state index contributed by atoms with van der Waals surface area (Å²) in [5.74, 6) is 2.28. The predicted molar refractivity (Wildman–Crippen MR) is 157 cm³/mol. The molecule has 5 rings (SSSR count). The van der Waals surface area contributed by atoms with Crippen LogP contribution in [0.3, 0.4) is 0 Å². The molecule has 8 heteroatoms. The summed E-state index contributed by atoms with van der Waals surface area (Å²) in [6, 6.07) is 23.1. The van der Waals surface area contributed by atoms with Crippen molar-refractivity contribution in [2.45, 2.75) is 19.9 Å². The highest BCUT2D eigenvalue weighted by Gasteiger charge is 2.34.